The Bertz CT molecular complexity index is 159. The molecule has 1 fully saturated rings. The molecule has 0 aromatic carbocycles. The van der Waals surface area contributed by atoms with Crippen LogP contribution in [0.5, 0.6) is 0 Å². The molecule has 0 radical (unpaired) electrons. The molecule has 1 aliphatic heterocycles. The average molecular weight is 190 g/mol. The van der Waals surface area contributed by atoms with E-state index >= 15 is 0 Å². The zero-order chi connectivity index (χ0) is 8.97. The number of aliphatic hydroxyl groups is 1. The molecule has 0 bridgehead atoms. The monoisotopic (exact) mass is 190 g/mol. The molecule has 4 nitrogen and oxygen atoms in total. The Hall–Kier alpha value is -0.420. The fourth-order valence-corrected chi connectivity index (χ4v) is 1.87. The Balaban J connectivity index is 2.27. The Labute approximate surface area is 76.3 Å². The molecule has 0 saturated carbocycles. The first-order chi connectivity index (χ1) is 5.74. The van der Waals surface area contributed by atoms with E-state index in [2.05, 4.69) is 5.32 Å². The fraction of sp³-hybridized carbons (Fsp3) is 0.857. The number of hydrogen-bond donors (Lipinski definition) is 2. The molecule has 2 amide bonds. The molecule has 0 aliphatic carbocycles. The van der Waals surface area contributed by atoms with Gasteiger partial charge in [-0.25, -0.2) is 4.79 Å². The molecule has 0 aromatic rings. The zero-order valence-corrected chi connectivity index (χ0v) is 7.93. The molecule has 70 valence electrons. The Morgan fingerprint density at radius 2 is 2.58 bits per heavy atom. The second kappa shape index (κ2) is 4.57. The summed E-state index contributed by atoms with van der Waals surface area (Å²) in [5.74, 6) is 1.78. The molecule has 1 saturated heterocycles. The molecule has 12 heavy (non-hydrogen) atoms. The molecule has 0 unspecified atom stereocenters. The first-order valence-electron chi connectivity index (χ1n) is 3.98. The summed E-state index contributed by atoms with van der Waals surface area (Å²) in [6.07, 6.45) is 0. The van der Waals surface area contributed by atoms with Crippen molar-refractivity contribution in [2.75, 3.05) is 24.8 Å². The number of hydrogen-bond acceptors (Lipinski definition) is 3. The van der Waals surface area contributed by atoms with Crippen molar-refractivity contribution in [3.63, 3.8) is 0 Å². The Kier molecular flexibility index (Phi) is 3.68. The number of urea groups is 1. The lowest BCUT2D eigenvalue weighted by Gasteiger charge is -2.18. The van der Waals surface area contributed by atoms with E-state index in [1.807, 2.05) is 0 Å². The maximum Gasteiger partial charge on any atom is 0.318 e. The van der Waals surface area contributed by atoms with Crippen molar-refractivity contribution >= 4 is 17.8 Å². The number of aliphatic hydroxyl groups excluding tert-OH is 1. The lowest BCUT2D eigenvalue weighted by Crippen LogP contribution is -2.43. The van der Waals surface area contributed by atoms with E-state index in [1.54, 1.807) is 23.6 Å². The first kappa shape index (κ1) is 9.67. The van der Waals surface area contributed by atoms with Gasteiger partial charge in [0.1, 0.15) is 0 Å². The van der Waals surface area contributed by atoms with Gasteiger partial charge in [-0.1, -0.05) is 0 Å². The smallest absolute Gasteiger partial charge is 0.318 e. The van der Waals surface area contributed by atoms with Crippen LogP contribution >= 0.6 is 11.8 Å². The summed E-state index contributed by atoms with van der Waals surface area (Å²) >= 11 is 1.75. The number of carbonyl (C=O) groups excluding carboxylic acids is 1. The summed E-state index contributed by atoms with van der Waals surface area (Å²) in [6, 6.07) is -0.218. The highest BCUT2D eigenvalue weighted by atomic mass is 32.2. The van der Waals surface area contributed by atoms with Crippen molar-refractivity contribution < 1.29 is 9.90 Å². The van der Waals surface area contributed by atoms with E-state index in [-0.39, 0.29) is 18.7 Å². The molecule has 1 aliphatic rings. The lowest BCUT2D eigenvalue weighted by molar-refractivity contribution is 0.195. The van der Waals surface area contributed by atoms with Gasteiger partial charge in [-0.3, -0.25) is 0 Å². The van der Waals surface area contributed by atoms with E-state index in [1.165, 1.54) is 0 Å². The van der Waals surface area contributed by atoms with Gasteiger partial charge in [0, 0.05) is 12.3 Å². The van der Waals surface area contributed by atoms with Crippen LogP contribution in [0.4, 0.5) is 4.79 Å². The number of thioether (sulfide) groups is 1. The highest BCUT2D eigenvalue weighted by Gasteiger charge is 2.18. The van der Waals surface area contributed by atoms with Crippen molar-refractivity contribution in [3.8, 4) is 0 Å². The van der Waals surface area contributed by atoms with Crippen LogP contribution < -0.4 is 5.32 Å². The van der Waals surface area contributed by atoms with Gasteiger partial charge in [0.2, 0.25) is 0 Å². The number of nitrogens with zero attached hydrogens (tertiary/aromatic N) is 1. The molecule has 2 N–H and O–H groups in total. The van der Waals surface area contributed by atoms with Crippen LogP contribution in [0, 0.1) is 0 Å². The first-order valence-corrected chi connectivity index (χ1v) is 5.13. The van der Waals surface area contributed by atoms with Crippen molar-refractivity contribution in [1.82, 2.24) is 10.2 Å². The van der Waals surface area contributed by atoms with E-state index in [0.717, 1.165) is 18.2 Å². The summed E-state index contributed by atoms with van der Waals surface area (Å²) in [4.78, 5) is 13.1. The number of carbonyl (C=O) groups is 1. The molecule has 1 heterocycles. The second-order valence-electron chi connectivity index (χ2n) is 2.83. The van der Waals surface area contributed by atoms with Crippen molar-refractivity contribution in [2.45, 2.75) is 13.0 Å². The van der Waals surface area contributed by atoms with Gasteiger partial charge in [0.15, 0.2) is 0 Å². The van der Waals surface area contributed by atoms with Gasteiger partial charge < -0.3 is 15.3 Å². The van der Waals surface area contributed by atoms with Gasteiger partial charge in [-0.2, -0.15) is 0 Å². The highest BCUT2D eigenvalue weighted by molar-refractivity contribution is 7.99. The van der Waals surface area contributed by atoms with Crippen LogP contribution in [0.1, 0.15) is 6.92 Å². The van der Waals surface area contributed by atoms with E-state index in [4.69, 9.17) is 5.11 Å². The van der Waals surface area contributed by atoms with Crippen LogP contribution in [-0.4, -0.2) is 46.9 Å². The third kappa shape index (κ3) is 2.57. The van der Waals surface area contributed by atoms with Crippen LogP contribution in [0.15, 0.2) is 0 Å². The van der Waals surface area contributed by atoms with Crippen LogP contribution in [0.25, 0.3) is 0 Å². The molecular formula is C7H14N2O2S. The van der Waals surface area contributed by atoms with E-state index < -0.39 is 0 Å². The Morgan fingerprint density at radius 3 is 3.08 bits per heavy atom. The predicted octanol–water partition coefficient (Wildman–Crippen LogP) is 0.0831. The van der Waals surface area contributed by atoms with Crippen molar-refractivity contribution in [3.05, 3.63) is 0 Å². The van der Waals surface area contributed by atoms with Crippen molar-refractivity contribution in [2.24, 2.45) is 0 Å². The predicted molar refractivity (Wildman–Crippen MR) is 49.1 cm³/mol. The maximum atomic E-state index is 11.3. The van der Waals surface area contributed by atoms with Crippen LogP contribution in [0.2, 0.25) is 0 Å². The largest absolute Gasteiger partial charge is 0.394 e. The molecule has 1 rings (SSSR count). The van der Waals surface area contributed by atoms with Crippen molar-refractivity contribution in [1.29, 1.82) is 0 Å². The Morgan fingerprint density at radius 1 is 1.83 bits per heavy atom. The van der Waals surface area contributed by atoms with Gasteiger partial charge in [-0.15, -0.1) is 11.8 Å². The van der Waals surface area contributed by atoms with Crippen LogP contribution in [0.3, 0.4) is 0 Å². The molecule has 0 spiro atoms. The summed E-state index contributed by atoms with van der Waals surface area (Å²) in [6.45, 7) is 2.59. The zero-order valence-electron chi connectivity index (χ0n) is 7.12. The molecule has 5 heteroatoms. The highest BCUT2D eigenvalue weighted by Crippen LogP contribution is 2.12. The second-order valence-corrected chi connectivity index (χ2v) is 3.91. The van der Waals surface area contributed by atoms with E-state index in [0.29, 0.717) is 0 Å². The topological polar surface area (TPSA) is 52.6 Å². The molecule has 0 aromatic heterocycles. The molecule has 1 atom stereocenters. The third-order valence-electron chi connectivity index (χ3n) is 1.68. The molecular weight excluding hydrogens is 176 g/mol. The third-order valence-corrected chi connectivity index (χ3v) is 2.65. The van der Waals surface area contributed by atoms with Gasteiger partial charge in [-0.05, 0) is 6.92 Å². The summed E-state index contributed by atoms with van der Waals surface area (Å²) in [5, 5.41) is 11.4. The quantitative estimate of drug-likeness (QED) is 0.648. The van der Waals surface area contributed by atoms with Gasteiger partial charge in [0.25, 0.3) is 0 Å². The fourth-order valence-electron chi connectivity index (χ4n) is 0.922. The van der Waals surface area contributed by atoms with Gasteiger partial charge in [0.05, 0.1) is 18.5 Å². The van der Waals surface area contributed by atoms with Crippen LogP contribution in [-0.2, 0) is 0 Å². The minimum absolute atomic E-state index is 0.00722. The lowest BCUT2D eigenvalue weighted by atomic mass is 10.4. The van der Waals surface area contributed by atoms with E-state index in [9.17, 15) is 4.79 Å². The summed E-state index contributed by atoms with van der Waals surface area (Å²) in [5.41, 5.74) is 0. The maximum absolute atomic E-state index is 11.3. The normalized spacial score (nSPS) is 19.3. The number of rotatable bonds is 2. The minimum Gasteiger partial charge on any atom is -0.394 e. The number of amides is 2. The summed E-state index contributed by atoms with van der Waals surface area (Å²) in [7, 11) is 0. The minimum atomic E-state index is -0.150. The standard InChI is InChI=1S/C7H14N2O2S/c1-6(4-10)8-7(11)9-2-3-12-5-9/h6,10H,2-5H2,1H3,(H,8,11)/t6-/m0/s1. The SMILES string of the molecule is C[C@@H](CO)NC(=O)N1CCSC1. The van der Waals surface area contributed by atoms with Gasteiger partial charge >= 0.3 is 6.03 Å². The number of nitrogens with one attached hydrogen (secondary N) is 1. The summed E-state index contributed by atoms with van der Waals surface area (Å²) < 4.78 is 0. The average Bonchev–Trinajstić information content (AvgIpc) is 2.56.